The van der Waals surface area contributed by atoms with Crippen LogP contribution in [0.25, 0.3) is 0 Å². The number of hydrogen-bond acceptors (Lipinski definition) is 1. The first-order valence-electron chi connectivity index (χ1n) is 8.19. The second-order valence-corrected chi connectivity index (χ2v) is 7.85. The summed E-state index contributed by atoms with van der Waals surface area (Å²) in [7, 11) is 0. The molecule has 0 aliphatic heterocycles. The van der Waals surface area contributed by atoms with Crippen molar-refractivity contribution in [3.63, 3.8) is 0 Å². The van der Waals surface area contributed by atoms with Gasteiger partial charge in [0, 0.05) is 5.54 Å². The molecule has 1 aliphatic rings. The van der Waals surface area contributed by atoms with E-state index in [0.29, 0.717) is 5.41 Å². The SMILES string of the molecule is CCc1ccc(CC2(N)CCC(C(C)(C)C)CC2)cc1. The van der Waals surface area contributed by atoms with Crippen molar-refractivity contribution >= 4 is 0 Å². The molecule has 1 heteroatoms. The number of nitrogens with two attached hydrogens (primary N) is 1. The molecular weight excluding hydrogens is 242 g/mol. The van der Waals surface area contributed by atoms with Crippen molar-refractivity contribution in [3.8, 4) is 0 Å². The smallest absolute Gasteiger partial charge is 0.0195 e. The summed E-state index contributed by atoms with van der Waals surface area (Å²) in [5.41, 5.74) is 9.94. The molecule has 1 fully saturated rings. The predicted octanol–water partition coefficient (Wildman–Crippen LogP) is 4.73. The Hall–Kier alpha value is -0.820. The van der Waals surface area contributed by atoms with Gasteiger partial charge in [0.15, 0.2) is 0 Å². The van der Waals surface area contributed by atoms with Gasteiger partial charge in [0.2, 0.25) is 0 Å². The van der Waals surface area contributed by atoms with Crippen molar-refractivity contribution in [1.29, 1.82) is 0 Å². The fourth-order valence-corrected chi connectivity index (χ4v) is 3.53. The molecule has 1 aromatic carbocycles. The van der Waals surface area contributed by atoms with E-state index >= 15 is 0 Å². The van der Waals surface area contributed by atoms with Gasteiger partial charge in [-0.1, -0.05) is 52.0 Å². The maximum Gasteiger partial charge on any atom is 0.0195 e. The van der Waals surface area contributed by atoms with Crippen molar-refractivity contribution in [1.82, 2.24) is 0 Å². The van der Waals surface area contributed by atoms with E-state index in [1.807, 2.05) is 0 Å². The molecule has 0 spiro atoms. The Morgan fingerprint density at radius 2 is 1.55 bits per heavy atom. The molecule has 0 bridgehead atoms. The summed E-state index contributed by atoms with van der Waals surface area (Å²) in [4.78, 5) is 0. The largest absolute Gasteiger partial charge is 0.325 e. The Balaban J connectivity index is 1.96. The zero-order valence-corrected chi connectivity index (χ0v) is 13.7. The van der Waals surface area contributed by atoms with Crippen molar-refractivity contribution < 1.29 is 0 Å². The molecule has 2 rings (SSSR count). The molecule has 0 saturated heterocycles. The van der Waals surface area contributed by atoms with Crippen LogP contribution >= 0.6 is 0 Å². The molecule has 0 aromatic heterocycles. The van der Waals surface area contributed by atoms with Crippen molar-refractivity contribution in [2.75, 3.05) is 0 Å². The van der Waals surface area contributed by atoms with Crippen LogP contribution in [-0.2, 0) is 12.8 Å². The van der Waals surface area contributed by atoms with Crippen molar-refractivity contribution in [2.24, 2.45) is 17.1 Å². The molecule has 1 nitrogen and oxygen atoms in total. The lowest BCUT2D eigenvalue weighted by Crippen LogP contribution is -2.46. The maximum atomic E-state index is 6.67. The monoisotopic (exact) mass is 273 g/mol. The van der Waals surface area contributed by atoms with Gasteiger partial charge in [0.05, 0.1) is 0 Å². The van der Waals surface area contributed by atoms with Gasteiger partial charge in [-0.15, -0.1) is 0 Å². The van der Waals surface area contributed by atoms with Gasteiger partial charge in [0.1, 0.15) is 0 Å². The maximum absolute atomic E-state index is 6.67. The lowest BCUT2D eigenvalue weighted by Gasteiger charge is -2.42. The fourth-order valence-electron chi connectivity index (χ4n) is 3.53. The fraction of sp³-hybridized carbons (Fsp3) is 0.684. The molecule has 1 saturated carbocycles. The highest BCUT2D eigenvalue weighted by atomic mass is 14.7. The van der Waals surface area contributed by atoms with E-state index in [1.165, 1.54) is 36.8 Å². The molecule has 0 atom stereocenters. The molecule has 0 heterocycles. The average molecular weight is 273 g/mol. The minimum Gasteiger partial charge on any atom is -0.325 e. The molecule has 1 aliphatic carbocycles. The topological polar surface area (TPSA) is 26.0 Å². The Labute approximate surface area is 125 Å². The molecule has 0 unspecified atom stereocenters. The second kappa shape index (κ2) is 5.89. The lowest BCUT2D eigenvalue weighted by molar-refractivity contribution is 0.134. The standard InChI is InChI=1S/C19H31N/c1-5-15-6-8-16(9-7-15)14-19(20)12-10-17(11-13-19)18(2,3)4/h6-9,17H,5,10-14,20H2,1-4H3. The minimum absolute atomic E-state index is 0.0233. The number of benzene rings is 1. The zero-order chi connectivity index (χ0) is 14.8. The zero-order valence-electron chi connectivity index (χ0n) is 13.7. The third-order valence-corrected chi connectivity index (χ3v) is 5.19. The highest BCUT2D eigenvalue weighted by molar-refractivity contribution is 5.24. The van der Waals surface area contributed by atoms with Crippen LogP contribution in [-0.4, -0.2) is 5.54 Å². The van der Waals surface area contributed by atoms with Gasteiger partial charge in [-0.3, -0.25) is 0 Å². The van der Waals surface area contributed by atoms with Gasteiger partial charge in [-0.2, -0.15) is 0 Å². The molecular formula is C19H31N. The summed E-state index contributed by atoms with van der Waals surface area (Å²) in [5.74, 6) is 0.835. The predicted molar refractivity (Wildman–Crippen MR) is 87.9 cm³/mol. The minimum atomic E-state index is 0.0233. The first-order chi connectivity index (χ1) is 9.32. The highest BCUT2D eigenvalue weighted by Crippen LogP contribution is 2.41. The van der Waals surface area contributed by atoms with Crippen LogP contribution in [0, 0.1) is 11.3 Å². The van der Waals surface area contributed by atoms with E-state index in [4.69, 9.17) is 5.73 Å². The normalized spacial score (nSPS) is 27.6. The van der Waals surface area contributed by atoms with Gasteiger partial charge in [0.25, 0.3) is 0 Å². The molecule has 1 aromatic rings. The first kappa shape index (κ1) is 15.6. The van der Waals surface area contributed by atoms with Gasteiger partial charge in [-0.05, 0) is 61.0 Å². The first-order valence-corrected chi connectivity index (χ1v) is 8.19. The van der Waals surface area contributed by atoms with E-state index in [0.717, 1.165) is 18.8 Å². The summed E-state index contributed by atoms with van der Waals surface area (Å²) in [6, 6.07) is 9.03. The van der Waals surface area contributed by atoms with E-state index in [9.17, 15) is 0 Å². The Morgan fingerprint density at radius 3 is 2.00 bits per heavy atom. The number of aryl methyl sites for hydroxylation is 1. The lowest BCUT2D eigenvalue weighted by atomic mass is 9.66. The molecule has 0 amide bonds. The van der Waals surface area contributed by atoms with Crippen LogP contribution in [0.5, 0.6) is 0 Å². The van der Waals surface area contributed by atoms with E-state index < -0.39 is 0 Å². The quantitative estimate of drug-likeness (QED) is 0.847. The Bertz CT molecular complexity index is 416. The van der Waals surface area contributed by atoms with Gasteiger partial charge < -0.3 is 5.73 Å². The van der Waals surface area contributed by atoms with E-state index in [2.05, 4.69) is 52.0 Å². The summed E-state index contributed by atoms with van der Waals surface area (Å²) < 4.78 is 0. The number of rotatable bonds is 3. The van der Waals surface area contributed by atoms with Crippen LogP contribution in [0.4, 0.5) is 0 Å². The second-order valence-electron chi connectivity index (χ2n) is 7.85. The third kappa shape index (κ3) is 3.85. The van der Waals surface area contributed by atoms with Gasteiger partial charge in [-0.25, -0.2) is 0 Å². The summed E-state index contributed by atoms with van der Waals surface area (Å²) in [6.45, 7) is 9.30. The van der Waals surface area contributed by atoms with E-state index in [1.54, 1.807) is 0 Å². The number of hydrogen-bond donors (Lipinski definition) is 1. The Morgan fingerprint density at radius 1 is 1.05 bits per heavy atom. The summed E-state index contributed by atoms with van der Waals surface area (Å²) in [5, 5.41) is 0. The van der Waals surface area contributed by atoms with Crippen LogP contribution in [0.15, 0.2) is 24.3 Å². The molecule has 2 N–H and O–H groups in total. The summed E-state index contributed by atoms with van der Waals surface area (Å²) >= 11 is 0. The van der Waals surface area contributed by atoms with E-state index in [-0.39, 0.29) is 5.54 Å². The van der Waals surface area contributed by atoms with Crippen molar-refractivity contribution in [2.45, 2.75) is 71.8 Å². The van der Waals surface area contributed by atoms with Gasteiger partial charge >= 0.3 is 0 Å². The highest BCUT2D eigenvalue weighted by Gasteiger charge is 2.36. The van der Waals surface area contributed by atoms with Crippen LogP contribution in [0.1, 0.15) is 64.5 Å². The van der Waals surface area contributed by atoms with Crippen LogP contribution < -0.4 is 5.73 Å². The summed E-state index contributed by atoms with van der Waals surface area (Å²) in [6.07, 6.45) is 7.06. The van der Waals surface area contributed by atoms with Crippen molar-refractivity contribution in [3.05, 3.63) is 35.4 Å². The molecule has 112 valence electrons. The van der Waals surface area contributed by atoms with Crippen LogP contribution in [0.2, 0.25) is 0 Å². The van der Waals surface area contributed by atoms with Crippen LogP contribution in [0.3, 0.4) is 0 Å². The molecule has 0 radical (unpaired) electrons. The molecule has 20 heavy (non-hydrogen) atoms. The average Bonchev–Trinajstić information content (AvgIpc) is 2.38. The Kier molecular flexibility index (Phi) is 4.59. The third-order valence-electron chi connectivity index (χ3n) is 5.19.